The van der Waals surface area contributed by atoms with E-state index < -0.39 is 17.7 Å². The average Bonchev–Trinajstić information content (AvgIpc) is 3.07. The van der Waals surface area contributed by atoms with Crippen molar-refractivity contribution in [3.05, 3.63) is 0 Å². The Morgan fingerprint density at radius 3 is 2.48 bits per heavy atom. The lowest BCUT2D eigenvalue weighted by molar-refractivity contribution is -0.155. The van der Waals surface area contributed by atoms with E-state index in [9.17, 15) is 14.4 Å². The predicted molar refractivity (Wildman–Crippen MR) is 105 cm³/mol. The van der Waals surface area contributed by atoms with Crippen molar-refractivity contribution >= 4 is 18.3 Å². The summed E-state index contributed by atoms with van der Waals surface area (Å²) in [5, 5.41) is 0. The van der Waals surface area contributed by atoms with Crippen molar-refractivity contribution in [1.82, 2.24) is 4.90 Å². The van der Waals surface area contributed by atoms with Crippen molar-refractivity contribution in [2.24, 2.45) is 0 Å². The summed E-state index contributed by atoms with van der Waals surface area (Å²) in [7, 11) is 0. The molecule has 6 heteroatoms. The van der Waals surface area contributed by atoms with E-state index in [1.54, 1.807) is 0 Å². The molecule has 0 aromatic heterocycles. The molecule has 156 valence electrons. The number of rotatable bonds is 11. The van der Waals surface area contributed by atoms with Gasteiger partial charge in [0.25, 0.3) is 0 Å². The third kappa shape index (κ3) is 9.25. The first-order valence-corrected chi connectivity index (χ1v) is 10.4. The Morgan fingerprint density at radius 2 is 1.85 bits per heavy atom. The molecule has 1 rings (SSSR count). The second kappa shape index (κ2) is 12.0. The second-order valence-electron chi connectivity index (χ2n) is 8.34. The Hall–Kier alpha value is -1.59. The molecular formula is C21H37NO5. The van der Waals surface area contributed by atoms with Crippen molar-refractivity contribution in [2.45, 2.75) is 110 Å². The maximum atomic E-state index is 12.7. The molecule has 6 nitrogen and oxygen atoms in total. The molecule has 2 atom stereocenters. The Bertz CT molecular complexity index is 472. The van der Waals surface area contributed by atoms with Crippen LogP contribution in [0.25, 0.3) is 0 Å². The van der Waals surface area contributed by atoms with Crippen molar-refractivity contribution in [2.75, 3.05) is 6.54 Å². The summed E-state index contributed by atoms with van der Waals surface area (Å²) in [5.74, 6) is -0.313. The summed E-state index contributed by atoms with van der Waals surface area (Å²) in [6, 6.07) is -0.543. The lowest BCUT2D eigenvalue weighted by Gasteiger charge is -2.28. The predicted octanol–water partition coefficient (Wildman–Crippen LogP) is 4.64. The summed E-state index contributed by atoms with van der Waals surface area (Å²) in [6.45, 7) is 8.10. The van der Waals surface area contributed by atoms with Gasteiger partial charge in [-0.1, -0.05) is 26.2 Å². The molecule has 1 fully saturated rings. The highest BCUT2D eigenvalue weighted by Gasteiger charge is 2.38. The van der Waals surface area contributed by atoms with Crippen LogP contribution in [0.5, 0.6) is 0 Å². The highest BCUT2D eigenvalue weighted by Crippen LogP contribution is 2.24. The Balaban J connectivity index is 2.58. The summed E-state index contributed by atoms with van der Waals surface area (Å²) in [6.07, 6.45) is 8.87. The maximum Gasteiger partial charge on any atom is 0.411 e. The molecular weight excluding hydrogens is 346 g/mol. The molecule has 0 aliphatic carbocycles. The summed E-state index contributed by atoms with van der Waals surface area (Å²) >= 11 is 0. The van der Waals surface area contributed by atoms with Gasteiger partial charge in [0.1, 0.15) is 24.0 Å². The molecule has 0 unspecified atom stereocenters. The summed E-state index contributed by atoms with van der Waals surface area (Å²) in [4.78, 5) is 37.0. The van der Waals surface area contributed by atoms with Gasteiger partial charge >= 0.3 is 12.1 Å². The minimum absolute atomic E-state index is 0.116. The van der Waals surface area contributed by atoms with Crippen LogP contribution in [0, 0.1) is 0 Å². The van der Waals surface area contributed by atoms with E-state index in [0.29, 0.717) is 19.4 Å². The number of carbonyl (C=O) groups is 3. The van der Waals surface area contributed by atoms with Crippen molar-refractivity contribution in [3.8, 4) is 0 Å². The zero-order valence-corrected chi connectivity index (χ0v) is 17.5. The van der Waals surface area contributed by atoms with Crippen LogP contribution in [-0.2, 0) is 19.1 Å². The maximum absolute atomic E-state index is 12.7. The fraction of sp³-hybridized carbons (Fsp3) is 0.857. The van der Waals surface area contributed by atoms with Crippen molar-refractivity contribution in [1.29, 1.82) is 0 Å². The molecule has 1 saturated heterocycles. The van der Waals surface area contributed by atoms with Gasteiger partial charge in [-0.2, -0.15) is 0 Å². The molecule has 0 aromatic carbocycles. The number of ether oxygens (including phenoxy) is 2. The minimum Gasteiger partial charge on any atom is -0.461 e. The van der Waals surface area contributed by atoms with Gasteiger partial charge in [0.15, 0.2) is 0 Å². The van der Waals surface area contributed by atoms with Gasteiger partial charge in [0.2, 0.25) is 0 Å². The van der Waals surface area contributed by atoms with E-state index in [2.05, 4.69) is 6.92 Å². The van der Waals surface area contributed by atoms with Crippen LogP contribution in [0.15, 0.2) is 0 Å². The normalized spacial score (nSPS) is 18.2. The van der Waals surface area contributed by atoms with E-state index in [0.717, 1.165) is 57.7 Å². The number of hydrogen-bond acceptors (Lipinski definition) is 5. The van der Waals surface area contributed by atoms with Gasteiger partial charge in [-0.3, -0.25) is 4.90 Å². The standard InChI is InChI=1S/C21H37NO5/c1-5-6-12-17(13-9-7-8-10-16-23)26-19(24)18-14-11-15-22(18)20(25)27-21(2,3)4/h16-18H,5-15H2,1-4H3/t17-,18-/m0/s1. The van der Waals surface area contributed by atoms with Crippen LogP contribution in [-0.4, -0.2) is 47.5 Å². The molecule has 0 N–H and O–H groups in total. The Labute approximate surface area is 164 Å². The topological polar surface area (TPSA) is 72.9 Å². The van der Waals surface area contributed by atoms with Crippen LogP contribution < -0.4 is 0 Å². The van der Waals surface area contributed by atoms with E-state index in [4.69, 9.17) is 9.47 Å². The Kier molecular flexibility index (Phi) is 10.4. The lowest BCUT2D eigenvalue weighted by atomic mass is 10.0. The van der Waals surface area contributed by atoms with Crippen LogP contribution in [0.4, 0.5) is 4.79 Å². The molecule has 0 radical (unpaired) electrons. The first kappa shape index (κ1) is 23.4. The third-order valence-corrected chi connectivity index (χ3v) is 4.66. The SMILES string of the molecule is CCCC[C@@H](CCCCCC=O)OC(=O)[C@@H]1CCCN1C(=O)OC(C)(C)C. The number of unbranched alkanes of at least 4 members (excludes halogenated alkanes) is 4. The van der Waals surface area contributed by atoms with E-state index >= 15 is 0 Å². The van der Waals surface area contributed by atoms with E-state index in [1.807, 2.05) is 20.8 Å². The average molecular weight is 384 g/mol. The molecule has 1 amide bonds. The van der Waals surface area contributed by atoms with Crippen LogP contribution >= 0.6 is 0 Å². The van der Waals surface area contributed by atoms with Gasteiger partial charge in [-0.25, -0.2) is 9.59 Å². The second-order valence-corrected chi connectivity index (χ2v) is 8.34. The van der Waals surface area contributed by atoms with Gasteiger partial charge in [-0.05, 0) is 59.3 Å². The largest absolute Gasteiger partial charge is 0.461 e. The lowest BCUT2D eigenvalue weighted by Crippen LogP contribution is -2.44. The fourth-order valence-electron chi connectivity index (χ4n) is 3.26. The van der Waals surface area contributed by atoms with Gasteiger partial charge in [0.05, 0.1) is 0 Å². The monoisotopic (exact) mass is 383 g/mol. The first-order chi connectivity index (χ1) is 12.8. The first-order valence-electron chi connectivity index (χ1n) is 10.4. The number of carbonyl (C=O) groups excluding carboxylic acids is 3. The fourth-order valence-corrected chi connectivity index (χ4v) is 3.26. The quantitative estimate of drug-likeness (QED) is 0.295. The molecule has 1 aliphatic rings. The zero-order chi connectivity index (χ0) is 20.3. The number of nitrogens with zero attached hydrogens (tertiary/aromatic N) is 1. The molecule has 0 aromatic rings. The van der Waals surface area contributed by atoms with Crippen LogP contribution in [0.3, 0.4) is 0 Å². The van der Waals surface area contributed by atoms with Crippen LogP contribution in [0.2, 0.25) is 0 Å². The molecule has 27 heavy (non-hydrogen) atoms. The summed E-state index contributed by atoms with van der Waals surface area (Å²) < 4.78 is 11.2. The molecule has 0 saturated carbocycles. The number of amides is 1. The number of likely N-dealkylation sites (tertiary alicyclic amines) is 1. The highest BCUT2D eigenvalue weighted by atomic mass is 16.6. The van der Waals surface area contributed by atoms with Gasteiger partial charge in [0, 0.05) is 13.0 Å². The van der Waals surface area contributed by atoms with Crippen molar-refractivity contribution in [3.63, 3.8) is 0 Å². The smallest absolute Gasteiger partial charge is 0.411 e. The van der Waals surface area contributed by atoms with E-state index in [-0.39, 0.29) is 12.1 Å². The number of aldehydes is 1. The number of hydrogen-bond donors (Lipinski definition) is 0. The molecule has 1 heterocycles. The molecule has 0 bridgehead atoms. The van der Waals surface area contributed by atoms with Crippen LogP contribution in [0.1, 0.15) is 91.9 Å². The zero-order valence-electron chi connectivity index (χ0n) is 17.5. The molecule has 0 spiro atoms. The molecule has 1 aliphatic heterocycles. The number of esters is 1. The van der Waals surface area contributed by atoms with Crippen molar-refractivity contribution < 1.29 is 23.9 Å². The Morgan fingerprint density at radius 1 is 1.15 bits per heavy atom. The highest BCUT2D eigenvalue weighted by molar-refractivity contribution is 5.82. The third-order valence-electron chi connectivity index (χ3n) is 4.66. The summed E-state index contributed by atoms with van der Waals surface area (Å²) in [5.41, 5.74) is -0.584. The van der Waals surface area contributed by atoms with Gasteiger partial charge in [-0.15, -0.1) is 0 Å². The minimum atomic E-state index is -0.584. The van der Waals surface area contributed by atoms with Gasteiger partial charge < -0.3 is 14.3 Å². The van der Waals surface area contributed by atoms with E-state index in [1.165, 1.54) is 4.90 Å².